The van der Waals surface area contributed by atoms with Crippen LogP contribution in [0.2, 0.25) is 0 Å². The number of alkyl halides is 1. The molecule has 21 heavy (non-hydrogen) atoms. The Balaban J connectivity index is 2.86. The molecule has 1 rings (SSSR count). The minimum absolute atomic E-state index is 0.0295. The molecule has 0 aliphatic rings. The van der Waals surface area contributed by atoms with Gasteiger partial charge in [0.1, 0.15) is 5.69 Å². The first-order valence-corrected chi connectivity index (χ1v) is 6.71. The largest absolute Gasteiger partial charge is 0.450 e. The molecule has 1 unspecified atom stereocenters. The van der Waals surface area contributed by atoms with E-state index in [1.807, 2.05) is 0 Å². The first-order chi connectivity index (χ1) is 9.97. The average Bonchev–Trinajstić information content (AvgIpc) is 2.45. The van der Waals surface area contributed by atoms with Gasteiger partial charge in [-0.1, -0.05) is 0 Å². The standard InChI is InChI=1S/C12H16ClN3O5/c1-2-21-12(18)15-10-4-3-8(5-11(10)16(19)20)14-7-9(17)6-13/h3-5,9,14,17H,2,6-7H2,1H3,(H,15,18). The highest BCUT2D eigenvalue weighted by molar-refractivity contribution is 6.18. The summed E-state index contributed by atoms with van der Waals surface area (Å²) in [5, 5.41) is 25.5. The number of anilines is 2. The number of nitrogens with zero attached hydrogens (tertiary/aromatic N) is 1. The van der Waals surface area contributed by atoms with Crippen molar-refractivity contribution in [1.29, 1.82) is 0 Å². The summed E-state index contributed by atoms with van der Waals surface area (Å²) in [7, 11) is 0. The van der Waals surface area contributed by atoms with Gasteiger partial charge >= 0.3 is 6.09 Å². The van der Waals surface area contributed by atoms with Crippen LogP contribution in [-0.2, 0) is 4.74 Å². The van der Waals surface area contributed by atoms with Crippen molar-refractivity contribution < 1.29 is 19.6 Å². The van der Waals surface area contributed by atoms with Crippen molar-refractivity contribution in [2.24, 2.45) is 0 Å². The molecular formula is C12H16ClN3O5. The Bertz CT molecular complexity index is 512. The third-order valence-corrected chi connectivity index (χ3v) is 2.78. The molecule has 0 aliphatic heterocycles. The first-order valence-electron chi connectivity index (χ1n) is 6.18. The van der Waals surface area contributed by atoms with E-state index in [1.165, 1.54) is 18.2 Å². The van der Waals surface area contributed by atoms with Crippen molar-refractivity contribution in [2.45, 2.75) is 13.0 Å². The lowest BCUT2D eigenvalue weighted by atomic mass is 10.2. The minimum atomic E-state index is -0.765. The lowest BCUT2D eigenvalue weighted by molar-refractivity contribution is -0.383. The molecule has 0 fully saturated rings. The maximum absolute atomic E-state index is 11.3. The van der Waals surface area contributed by atoms with Crippen molar-refractivity contribution >= 4 is 34.8 Å². The quantitative estimate of drug-likeness (QED) is 0.403. The van der Waals surface area contributed by atoms with Crippen molar-refractivity contribution in [1.82, 2.24) is 0 Å². The summed E-state index contributed by atoms with van der Waals surface area (Å²) in [5.41, 5.74) is 0.176. The van der Waals surface area contributed by atoms with Gasteiger partial charge in [-0.3, -0.25) is 15.4 Å². The van der Waals surface area contributed by atoms with Gasteiger partial charge in [-0.15, -0.1) is 11.6 Å². The summed E-state index contributed by atoms with van der Waals surface area (Å²) in [4.78, 5) is 21.7. The fourth-order valence-corrected chi connectivity index (χ4v) is 1.57. The molecule has 0 heterocycles. The first kappa shape index (κ1) is 17.0. The Hall–Kier alpha value is -2.06. The van der Waals surface area contributed by atoms with Gasteiger partial charge in [0.05, 0.1) is 23.5 Å². The number of carbonyl (C=O) groups is 1. The van der Waals surface area contributed by atoms with Crippen LogP contribution in [0.1, 0.15) is 6.92 Å². The highest BCUT2D eigenvalue weighted by Gasteiger charge is 2.17. The van der Waals surface area contributed by atoms with Crippen LogP contribution < -0.4 is 10.6 Å². The van der Waals surface area contributed by atoms with E-state index < -0.39 is 17.1 Å². The summed E-state index contributed by atoms with van der Waals surface area (Å²) in [6.07, 6.45) is -1.53. The minimum Gasteiger partial charge on any atom is -0.450 e. The molecular weight excluding hydrogens is 302 g/mol. The van der Waals surface area contributed by atoms with Gasteiger partial charge in [0, 0.05) is 18.3 Å². The van der Waals surface area contributed by atoms with Crippen LogP contribution in [0.5, 0.6) is 0 Å². The summed E-state index contributed by atoms with van der Waals surface area (Å²) in [6.45, 7) is 1.95. The number of hydrogen-bond donors (Lipinski definition) is 3. The van der Waals surface area contributed by atoms with Crippen molar-refractivity contribution in [3.05, 3.63) is 28.3 Å². The summed E-state index contributed by atoms with van der Waals surface area (Å²) < 4.78 is 4.67. The number of aliphatic hydroxyl groups is 1. The number of ether oxygens (including phenoxy) is 1. The second kappa shape index (κ2) is 8.28. The SMILES string of the molecule is CCOC(=O)Nc1ccc(NCC(O)CCl)cc1[N+](=O)[O-]. The van der Waals surface area contributed by atoms with Crippen LogP contribution in [0.4, 0.5) is 21.9 Å². The zero-order valence-electron chi connectivity index (χ0n) is 11.3. The van der Waals surface area contributed by atoms with E-state index in [2.05, 4.69) is 15.4 Å². The third kappa shape index (κ3) is 5.44. The molecule has 0 aromatic heterocycles. The van der Waals surface area contributed by atoms with Gasteiger partial charge in [-0.2, -0.15) is 0 Å². The molecule has 1 atom stereocenters. The predicted molar refractivity (Wildman–Crippen MR) is 79.0 cm³/mol. The average molecular weight is 318 g/mol. The zero-order valence-corrected chi connectivity index (χ0v) is 12.1. The molecule has 1 aromatic rings. The van der Waals surface area contributed by atoms with Crippen LogP contribution in [0, 0.1) is 10.1 Å². The number of aliphatic hydroxyl groups excluding tert-OH is 1. The number of nitro benzene ring substituents is 1. The van der Waals surface area contributed by atoms with Crippen LogP contribution >= 0.6 is 11.6 Å². The van der Waals surface area contributed by atoms with Crippen LogP contribution in [0.3, 0.4) is 0 Å². The van der Waals surface area contributed by atoms with Crippen LogP contribution in [-0.4, -0.2) is 41.3 Å². The molecule has 0 aliphatic carbocycles. The van der Waals surface area contributed by atoms with E-state index in [9.17, 15) is 20.0 Å². The number of hydrogen-bond acceptors (Lipinski definition) is 6. The normalized spacial score (nSPS) is 11.6. The molecule has 0 saturated carbocycles. The monoisotopic (exact) mass is 317 g/mol. The second-order valence-electron chi connectivity index (χ2n) is 4.02. The van der Waals surface area contributed by atoms with Crippen molar-refractivity contribution in [2.75, 3.05) is 29.7 Å². The Morgan fingerprint density at radius 1 is 1.57 bits per heavy atom. The molecule has 1 aromatic carbocycles. The van der Waals surface area contributed by atoms with Gasteiger partial charge in [0.15, 0.2) is 0 Å². The highest BCUT2D eigenvalue weighted by atomic mass is 35.5. The van der Waals surface area contributed by atoms with E-state index >= 15 is 0 Å². The maximum atomic E-state index is 11.3. The number of nitro groups is 1. The van der Waals surface area contributed by atoms with E-state index in [4.69, 9.17) is 11.6 Å². The number of carbonyl (C=O) groups excluding carboxylic acids is 1. The van der Waals surface area contributed by atoms with Crippen molar-refractivity contribution in [3.8, 4) is 0 Å². The topological polar surface area (TPSA) is 114 Å². The molecule has 0 saturated heterocycles. The number of rotatable bonds is 7. The van der Waals surface area contributed by atoms with E-state index in [1.54, 1.807) is 6.92 Å². The maximum Gasteiger partial charge on any atom is 0.411 e. The Kier molecular flexibility index (Phi) is 6.70. The van der Waals surface area contributed by atoms with Crippen LogP contribution in [0.25, 0.3) is 0 Å². The molecule has 0 radical (unpaired) electrons. The Labute approximate surface area is 126 Å². The lowest BCUT2D eigenvalue weighted by Gasteiger charge is -2.11. The van der Waals surface area contributed by atoms with Gasteiger partial charge in [-0.05, 0) is 19.1 Å². The predicted octanol–water partition coefficient (Wildman–Crippen LogP) is 2.17. The summed E-state index contributed by atoms with van der Waals surface area (Å²) >= 11 is 5.45. The zero-order chi connectivity index (χ0) is 15.8. The molecule has 0 spiro atoms. The van der Waals surface area contributed by atoms with Gasteiger partial charge in [0.2, 0.25) is 0 Å². The Morgan fingerprint density at radius 2 is 2.29 bits per heavy atom. The van der Waals surface area contributed by atoms with Gasteiger partial charge < -0.3 is 15.2 Å². The number of amides is 1. The van der Waals surface area contributed by atoms with Gasteiger partial charge in [0.25, 0.3) is 5.69 Å². The van der Waals surface area contributed by atoms with E-state index in [0.717, 1.165) is 0 Å². The third-order valence-electron chi connectivity index (χ3n) is 2.43. The molecule has 0 bridgehead atoms. The smallest absolute Gasteiger partial charge is 0.411 e. The number of nitrogens with one attached hydrogen (secondary N) is 2. The van der Waals surface area contributed by atoms with Crippen LogP contribution in [0.15, 0.2) is 18.2 Å². The fourth-order valence-electron chi connectivity index (χ4n) is 1.47. The second-order valence-corrected chi connectivity index (χ2v) is 4.33. The van der Waals surface area contributed by atoms with E-state index in [0.29, 0.717) is 5.69 Å². The highest BCUT2D eigenvalue weighted by Crippen LogP contribution is 2.28. The number of halogens is 1. The van der Waals surface area contributed by atoms with Crippen molar-refractivity contribution in [3.63, 3.8) is 0 Å². The Morgan fingerprint density at radius 3 is 2.86 bits per heavy atom. The molecule has 1 amide bonds. The molecule has 8 nitrogen and oxygen atoms in total. The fraction of sp³-hybridized carbons (Fsp3) is 0.417. The molecule has 3 N–H and O–H groups in total. The van der Waals surface area contributed by atoms with E-state index in [-0.39, 0.29) is 30.4 Å². The lowest BCUT2D eigenvalue weighted by Crippen LogP contribution is -2.21. The molecule has 116 valence electrons. The summed E-state index contributed by atoms with van der Waals surface area (Å²) in [5.74, 6) is 0.0532. The number of benzene rings is 1. The molecule has 9 heteroatoms. The summed E-state index contributed by atoms with van der Waals surface area (Å²) in [6, 6.07) is 4.17. The van der Waals surface area contributed by atoms with Gasteiger partial charge in [-0.25, -0.2) is 4.79 Å².